The van der Waals surface area contributed by atoms with Crippen molar-refractivity contribution in [2.24, 2.45) is 0 Å². The van der Waals surface area contributed by atoms with Crippen molar-refractivity contribution in [3.8, 4) is 0 Å². The number of nitrogens with zero attached hydrogens (tertiary/aromatic N) is 1. The van der Waals surface area contributed by atoms with Gasteiger partial charge in [-0.2, -0.15) is 0 Å². The molecule has 0 saturated carbocycles. The Morgan fingerprint density at radius 3 is 2.14 bits per heavy atom. The molecule has 1 aliphatic rings. The van der Waals surface area contributed by atoms with Crippen LogP contribution in [0, 0.1) is 0 Å². The van der Waals surface area contributed by atoms with Crippen molar-refractivity contribution in [2.45, 2.75) is 12.6 Å². The molecule has 0 amide bonds. The van der Waals surface area contributed by atoms with Crippen LogP contribution in [0.1, 0.15) is 22.7 Å². The van der Waals surface area contributed by atoms with Crippen LogP contribution < -0.4 is 5.43 Å². The normalized spacial score (nSPS) is 17.0. The fourth-order valence-corrected chi connectivity index (χ4v) is 3.13. The topological polar surface area (TPSA) is 15.3 Å². The van der Waals surface area contributed by atoms with Gasteiger partial charge in [-0.25, -0.2) is 5.01 Å². The summed E-state index contributed by atoms with van der Waals surface area (Å²) in [6, 6.07) is 30.1. The Bertz CT molecular complexity index is 753. The Morgan fingerprint density at radius 2 is 1.36 bits per heavy atom. The molecule has 108 valence electrons. The Kier molecular flexibility index (Phi) is 3.37. The van der Waals surface area contributed by atoms with Gasteiger partial charge in [-0.05, 0) is 17.2 Å². The lowest BCUT2D eigenvalue weighted by Gasteiger charge is -2.25. The van der Waals surface area contributed by atoms with Crippen molar-refractivity contribution in [1.82, 2.24) is 5.01 Å². The molecule has 2 nitrogen and oxygen atoms in total. The molecule has 0 spiro atoms. The van der Waals surface area contributed by atoms with E-state index in [0.717, 1.165) is 6.54 Å². The molecule has 22 heavy (non-hydrogen) atoms. The molecule has 0 radical (unpaired) electrons. The summed E-state index contributed by atoms with van der Waals surface area (Å²) < 4.78 is 0. The molecule has 0 fully saturated rings. The maximum absolute atomic E-state index is 3.56. The summed E-state index contributed by atoms with van der Waals surface area (Å²) in [6.45, 7) is 0.870. The van der Waals surface area contributed by atoms with Gasteiger partial charge in [-0.15, -0.1) is 0 Å². The number of hydrazine groups is 1. The van der Waals surface area contributed by atoms with Gasteiger partial charge in [0, 0.05) is 12.1 Å². The van der Waals surface area contributed by atoms with E-state index in [4.69, 9.17) is 0 Å². The van der Waals surface area contributed by atoms with Crippen LogP contribution in [0.2, 0.25) is 0 Å². The van der Waals surface area contributed by atoms with E-state index in [9.17, 15) is 0 Å². The Labute approximate surface area is 131 Å². The molecule has 2 heteroatoms. The molecule has 3 aromatic rings. The summed E-state index contributed by atoms with van der Waals surface area (Å²) >= 11 is 0. The molecule has 0 bridgehead atoms. The highest BCUT2D eigenvalue weighted by Gasteiger charge is 2.30. The lowest BCUT2D eigenvalue weighted by atomic mass is 9.98. The van der Waals surface area contributed by atoms with Crippen molar-refractivity contribution in [3.63, 3.8) is 0 Å². The van der Waals surface area contributed by atoms with Crippen LogP contribution in [0.15, 0.2) is 84.9 Å². The van der Waals surface area contributed by atoms with Gasteiger partial charge in [0.15, 0.2) is 0 Å². The van der Waals surface area contributed by atoms with Gasteiger partial charge in [0.2, 0.25) is 0 Å². The highest BCUT2D eigenvalue weighted by atomic mass is 15.5. The SMILES string of the molecule is c1ccc(CN2Nc3ccccc3C2c2ccccc2)cc1. The van der Waals surface area contributed by atoms with Crippen LogP contribution in [0.4, 0.5) is 5.69 Å². The first-order valence-corrected chi connectivity index (χ1v) is 7.63. The molecule has 1 aliphatic heterocycles. The summed E-state index contributed by atoms with van der Waals surface area (Å²) in [4.78, 5) is 0. The van der Waals surface area contributed by atoms with Gasteiger partial charge in [0.05, 0.1) is 11.7 Å². The second-order valence-corrected chi connectivity index (χ2v) is 5.63. The van der Waals surface area contributed by atoms with E-state index in [1.807, 2.05) is 0 Å². The number of benzene rings is 3. The minimum Gasteiger partial charge on any atom is -0.317 e. The molecule has 1 heterocycles. The van der Waals surface area contributed by atoms with E-state index < -0.39 is 0 Å². The minimum absolute atomic E-state index is 0.248. The van der Waals surface area contributed by atoms with Crippen molar-refractivity contribution < 1.29 is 0 Å². The van der Waals surface area contributed by atoms with Crippen LogP contribution in [-0.4, -0.2) is 5.01 Å². The van der Waals surface area contributed by atoms with Gasteiger partial charge in [0.25, 0.3) is 0 Å². The Balaban J connectivity index is 1.72. The van der Waals surface area contributed by atoms with Crippen molar-refractivity contribution in [1.29, 1.82) is 0 Å². The minimum atomic E-state index is 0.248. The van der Waals surface area contributed by atoms with Crippen LogP contribution in [0.5, 0.6) is 0 Å². The third kappa shape index (κ3) is 2.38. The van der Waals surface area contributed by atoms with E-state index in [-0.39, 0.29) is 6.04 Å². The molecular formula is C20H18N2. The van der Waals surface area contributed by atoms with Crippen LogP contribution >= 0.6 is 0 Å². The van der Waals surface area contributed by atoms with Crippen molar-refractivity contribution in [3.05, 3.63) is 102 Å². The van der Waals surface area contributed by atoms with E-state index in [1.54, 1.807) is 0 Å². The molecule has 4 rings (SSSR count). The third-order valence-electron chi connectivity index (χ3n) is 4.14. The second kappa shape index (κ2) is 5.66. The summed E-state index contributed by atoms with van der Waals surface area (Å²) in [5.41, 5.74) is 8.73. The summed E-state index contributed by atoms with van der Waals surface area (Å²) in [6.07, 6.45) is 0. The number of hydrogen-bond donors (Lipinski definition) is 1. The van der Waals surface area contributed by atoms with Gasteiger partial charge in [-0.1, -0.05) is 78.9 Å². The highest BCUT2D eigenvalue weighted by molar-refractivity contribution is 5.58. The lowest BCUT2D eigenvalue weighted by Crippen LogP contribution is -2.28. The smallest absolute Gasteiger partial charge is 0.0814 e. The monoisotopic (exact) mass is 286 g/mol. The number of anilines is 1. The van der Waals surface area contributed by atoms with E-state index in [2.05, 4.69) is 95.4 Å². The first-order valence-electron chi connectivity index (χ1n) is 7.63. The maximum atomic E-state index is 3.56. The zero-order valence-corrected chi connectivity index (χ0v) is 12.3. The summed E-state index contributed by atoms with van der Waals surface area (Å²) in [5, 5.41) is 2.31. The third-order valence-corrected chi connectivity index (χ3v) is 4.14. The molecule has 1 N–H and O–H groups in total. The average molecular weight is 286 g/mol. The zero-order valence-electron chi connectivity index (χ0n) is 12.3. The fourth-order valence-electron chi connectivity index (χ4n) is 3.13. The zero-order chi connectivity index (χ0) is 14.8. The molecule has 0 saturated heterocycles. The van der Waals surface area contributed by atoms with Gasteiger partial charge in [0.1, 0.15) is 0 Å². The van der Waals surface area contributed by atoms with Crippen LogP contribution in [-0.2, 0) is 6.54 Å². The number of hydrogen-bond acceptors (Lipinski definition) is 2. The van der Waals surface area contributed by atoms with Gasteiger partial charge >= 0.3 is 0 Å². The first kappa shape index (κ1) is 13.1. The number of para-hydroxylation sites is 1. The molecule has 1 unspecified atom stereocenters. The Morgan fingerprint density at radius 1 is 0.727 bits per heavy atom. The number of rotatable bonds is 3. The molecule has 3 aromatic carbocycles. The standard InChI is InChI=1S/C20H18N2/c1-3-9-16(10-4-1)15-22-20(17-11-5-2-6-12-17)18-13-7-8-14-19(18)21-22/h1-14,20-21H,15H2. The maximum Gasteiger partial charge on any atom is 0.0814 e. The Hall–Kier alpha value is -2.58. The molecule has 0 aliphatic carbocycles. The molecular weight excluding hydrogens is 268 g/mol. The highest BCUT2D eigenvalue weighted by Crippen LogP contribution is 2.39. The van der Waals surface area contributed by atoms with Gasteiger partial charge < -0.3 is 5.43 Å². The quantitative estimate of drug-likeness (QED) is 0.756. The average Bonchev–Trinajstić information content (AvgIpc) is 2.94. The van der Waals surface area contributed by atoms with Gasteiger partial charge in [-0.3, -0.25) is 0 Å². The van der Waals surface area contributed by atoms with E-state index in [1.165, 1.54) is 22.4 Å². The lowest BCUT2D eigenvalue weighted by molar-refractivity contribution is 0.288. The fraction of sp³-hybridized carbons (Fsp3) is 0.100. The second-order valence-electron chi connectivity index (χ2n) is 5.63. The van der Waals surface area contributed by atoms with E-state index in [0.29, 0.717) is 0 Å². The summed E-state index contributed by atoms with van der Waals surface area (Å²) in [5.74, 6) is 0. The summed E-state index contributed by atoms with van der Waals surface area (Å²) in [7, 11) is 0. The predicted octanol–water partition coefficient (Wildman–Crippen LogP) is 4.62. The van der Waals surface area contributed by atoms with Crippen molar-refractivity contribution >= 4 is 5.69 Å². The predicted molar refractivity (Wildman–Crippen MR) is 90.3 cm³/mol. The van der Waals surface area contributed by atoms with Crippen molar-refractivity contribution in [2.75, 3.05) is 5.43 Å². The first-order chi connectivity index (χ1) is 10.9. The van der Waals surface area contributed by atoms with Crippen LogP contribution in [0.25, 0.3) is 0 Å². The molecule has 0 aromatic heterocycles. The number of nitrogens with one attached hydrogen (secondary N) is 1. The largest absolute Gasteiger partial charge is 0.317 e. The van der Waals surface area contributed by atoms with Crippen LogP contribution in [0.3, 0.4) is 0 Å². The number of fused-ring (bicyclic) bond motifs is 1. The molecule has 1 atom stereocenters. The van der Waals surface area contributed by atoms with E-state index >= 15 is 0 Å².